The highest BCUT2D eigenvalue weighted by atomic mass is 16.5. The summed E-state index contributed by atoms with van der Waals surface area (Å²) >= 11 is 0. The Morgan fingerprint density at radius 2 is 1.50 bits per heavy atom. The number of carbonyl (C=O) groups is 3. The Morgan fingerprint density at radius 3 is 2.12 bits per heavy atom. The number of rotatable bonds is 8. The maximum atomic E-state index is 12.3. The van der Waals surface area contributed by atoms with Crippen molar-refractivity contribution < 1.29 is 23.9 Å². The third-order valence-corrected chi connectivity index (χ3v) is 3.68. The zero-order valence-corrected chi connectivity index (χ0v) is 14.7. The van der Waals surface area contributed by atoms with Crippen molar-refractivity contribution in [1.82, 2.24) is 5.32 Å². The molecule has 136 valence electrons. The lowest BCUT2D eigenvalue weighted by Gasteiger charge is -2.13. The van der Waals surface area contributed by atoms with Gasteiger partial charge in [-0.3, -0.25) is 9.59 Å². The lowest BCUT2D eigenvalue weighted by atomic mass is 10.0. The quantitative estimate of drug-likeness (QED) is 0.446. The zero-order valence-electron chi connectivity index (χ0n) is 14.7. The molecule has 0 aromatic heterocycles. The molecule has 0 saturated heterocycles. The molecule has 6 nitrogen and oxygen atoms in total. The van der Waals surface area contributed by atoms with Crippen molar-refractivity contribution in [1.29, 1.82) is 0 Å². The minimum Gasteiger partial charge on any atom is -0.449 e. The number of ketones is 1. The van der Waals surface area contributed by atoms with Crippen LogP contribution in [0.5, 0.6) is 0 Å². The number of methoxy groups -OCH3 is 1. The predicted molar refractivity (Wildman–Crippen MR) is 96.1 cm³/mol. The number of ether oxygens (including phenoxy) is 2. The van der Waals surface area contributed by atoms with Gasteiger partial charge in [-0.2, -0.15) is 0 Å². The van der Waals surface area contributed by atoms with E-state index >= 15 is 0 Å². The Balaban J connectivity index is 1.96. The normalized spacial score (nSPS) is 11.5. The molecule has 0 aliphatic heterocycles. The lowest BCUT2D eigenvalue weighted by Crippen LogP contribution is -2.37. The van der Waals surface area contributed by atoms with Crippen molar-refractivity contribution in [2.75, 3.05) is 20.3 Å². The first kappa shape index (κ1) is 19.3. The van der Waals surface area contributed by atoms with Crippen LogP contribution >= 0.6 is 0 Å². The van der Waals surface area contributed by atoms with E-state index in [2.05, 4.69) is 5.32 Å². The van der Waals surface area contributed by atoms with Crippen molar-refractivity contribution in [3.05, 3.63) is 71.3 Å². The molecule has 1 atom stereocenters. The molecule has 0 fully saturated rings. The van der Waals surface area contributed by atoms with Gasteiger partial charge in [-0.05, 0) is 19.1 Å². The molecule has 1 N–H and O–H groups in total. The van der Waals surface area contributed by atoms with Crippen LogP contribution in [0.15, 0.2) is 54.6 Å². The van der Waals surface area contributed by atoms with Gasteiger partial charge in [-0.1, -0.05) is 42.5 Å². The summed E-state index contributed by atoms with van der Waals surface area (Å²) in [6.45, 7) is 2.21. The highest BCUT2D eigenvalue weighted by Crippen LogP contribution is 2.12. The van der Waals surface area contributed by atoms with Crippen molar-refractivity contribution in [3.8, 4) is 0 Å². The summed E-state index contributed by atoms with van der Waals surface area (Å²) in [4.78, 5) is 36.3. The summed E-state index contributed by atoms with van der Waals surface area (Å²) in [5, 5.41) is 2.60. The van der Waals surface area contributed by atoms with Crippen LogP contribution in [0.1, 0.15) is 33.2 Å². The number of amides is 1. The Labute approximate surface area is 152 Å². The van der Waals surface area contributed by atoms with Crippen LogP contribution in [-0.4, -0.2) is 44.0 Å². The van der Waals surface area contributed by atoms with Crippen molar-refractivity contribution >= 4 is 17.7 Å². The van der Waals surface area contributed by atoms with Gasteiger partial charge in [-0.25, -0.2) is 4.79 Å². The Bertz CT molecular complexity index is 756. The number of esters is 1. The molecule has 0 spiro atoms. The highest BCUT2D eigenvalue weighted by Gasteiger charge is 2.19. The fourth-order valence-electron chi connectivity index (χ4n) is 2.22. The van der Waals surface area contributed by atoms with E-state index in [0.29, 0.717) is 24.3 Å². The topological polar surface area (TPSA) is 81.7 Å². The monoisotopic (exact) mass is 355 g/mol. The molecular formula is C20H21NO5. The fourth-order valence-corrected chi connectivity index (χ4v) is 2.22. The largest absolute Gasteiger partial charge is 0.449 e. The van der Waals surface area contributed by atoms with Crippen LogP contribution in [0.4, 0.5) is 0 Å². The van der Waals surface area contributed by atoms with Crippen molar-refractivity contribution in [2.45, 2.75) is 13.0 Å². The first-order valence-electron chi connectivity index (χ1n) is 8.20. The van der Waals surface area contributed by atoms with Crippen LogP contribution < -0.4 is 5.32 Å². The smallest absolute Gasteiger partial charge is 0.338 e. The number of benzene rings is 2. The summed E-state index contributed by atoms with van der Waals surface area (Å²) < 4.78 is 9.97. The van der Waals surface area contributed by atoms with Crippen LogP contribution in [-0.2, 0) is 14.3 Å². The van der Waals surface area contributed by atoms with E-state index in [1.165, 1.54) is 26.2 Å². The molecule has 2 rings (SSSR count). The minimum absolute atomic E-state index is 0.128. The van der Waals surface area contributed by atoms with Crippen LogP contribution in [0.25, 0.3) is 0 Å². The molecule has 6 heteroatoms. The molecule has 0 aliphatic rings. The average molecular weight is 355 g/mol. The summed E-state index contributed by atoms with van der Waals surface area (Å²) in [5.74, 6) is -1.15. The fraction of sp³-hybridized carbons (Fsp3) is 0.250. The first-order chi connectivity index (χ1) is 12.5. The third-order valence-electron chi connectivity index (χ3n) is 3.68. The number of carbonyl (C=O) groups excluding carboxylic acids is 3. The molecule has 2 aromatic carbocycles. The third kappa shape index (κ3) is 5.26. The molecular weight excluding hydrogens is 334 g/mol. The Kier molecular flexibility index (Phi) is 7.05. The maximum Gasteiger partial charge on any atom is 0.338 e. The van der Waals surface area contributed by atoms with Gasteiger partial charge in [-0.15, -0.1) is 0 Å². The van der Waals surface area contributed by atoms with Gasteiger partial charge in [0.05, 0.1) is 12.2 Å². The molecule has 1 amide bonds. The predicted octanol–water partition coefficient (Wildman–Crippen LogP) is 2.23. The molecule has 0 aliphatic carbocycles. The summed E-state index contributed by atoms with van der Waals surface area (Å²) in [5.41, 5.74) is 1.31. The molecule has 0 unspecified atom stereocenters. The van der Waals surface area contributed by atoms with E-state index in [1.807, 2.05) is 6.07 Å². The Hall–Kier alpha value is -2.99. The van der Waals surface area contributed by atoms with Crippen LogP contribution in [0.2, 0.25) is 0 Å². The molecule has 0 saturated carbocycles. The van der Waals surface area contributed by atoms with E-state index in [-0.39, 0.29) is 11.3 Å². The number of hydrogen-bond donors (Lipinski definition) is 1. The summed E-state index contributed by atoms with van der Waals surface area (Å²) in [6, 6.07) is 15.0. The van der Waals surface area contributed by atoms with E-state index in [4.69, 9.17) is 9.47 Å². The Morgan fingerprint density at radius 1 is 0.923 bits per heavy atom. The van der Waals surface area contributed by atoms with Gasteiger partial charge in [0, 0.05) is 24.8 Å². The summed E-state index contributed by atoms with van der Waals surface area (Å²) in [6.07, 6.45) is -0.926. The molecule has 2 aromatic rings. The van der Waals surface area contributed by atoms with Gasteiger partial charge >= 0.3 is 5.97 Å². The SMILES string of the molecule is COCCNC(=O)[C@H](C)OC(=O)c1ccc(C(=O)c2ccccc2)cc1. The van der Waals surface area contributed by atoms with Crippen molar-refractivity contribution in [3.63, 3.8) is 0 Å². The second kappa shape index (κ2) is 9.48. The first-order valence-corrected chi connectivity index (χ1v) is 8.20. The van der Waals surface area contributed by atoms with E-state index in [1.54, 1.807) is 36.4 Å². The van der Waals surface area contributed by atoms with Gasteiger partial charge in [0.2, 0.25) is 0 Å². The van der Waals surface area contributed by atoms with Crippen LogP contribution in [0, 0.1) is 0 Å². The number of hydrogen-bond acceptors (Lipinski definition) is 5. The summed E-state index contributed by atoms with van der Waals surface area (Å²) in [7, 11) is 1.53. The average Bonchev–Trinajstić information content (AvgIpc) is 2.68. The standard InChI is InChI=1S/C20H21NO5/c1-14(19(23)21-12-13-25-2)26-20(24)17-10-8-16(9-11-17)18(22)15-6-4-3-5-7-15/h3-11,14H,12-13H2,1-2H3,(H,21,23)/t14-/m0/s1. The van der Waals surface area contributed by atoms with E-state index in [9.17, 15) is 14.4 Å². The van der Waals surface area contributed by atoms with Crippen LogP contribution in [0.3, 0.4) is 0 Å². The number of nitrogens with one attached hydrogen (secondary N) is 1. The van der Waals surface area contributed by atoms with Gasteiger partial charge in [0.25, 0.3) is 5.91 Å². The lowest BCUT2D eigenvalue weighted by molar-refractivity contribution is -0.129. The minimum atomic E-state index is -0.926. The highest BCUT2D eigenvalue weighted by molar-refractivity contribution is 6.09. The van der Waals surface area contributed by atoms with Crippen molar-refractivity contribution in [2.24, 2.45) is 0 Å². The van der Waals surface area contributed by atoms with E-state index < -0.39 is 18.0 Å². The molecule has 0 radical (unpaired) electrons. The molecule has 0 heterocycles. The molecule has 0 bridgehead atoms. The maximum absolute atomic E-state index is 12.3. The zero-order chi connectivity index (χ0) is 18.9. The van der Waals surface area contributed by atoms with E-state index in [0.717, 1.165) is 0 Å². The molecule has 26 heavy (non-hydrogen) atoms. The van der Waals surface area contributed by atoms with Gasteiger partial charge in [0.1, 0.15) is 0 Å². The second-order valence-electron chi connectivity index (χ2n) is 5.60. The van der Waals surface area contributed by atoms with Gasteiger partial charge in [0.15, 0.2) is 11.9 Å². The second-order valence-corrected chi connectivity index (χ2v) is 5.60. The van der Waals surface area contributed by atoms with Gasteiger partial charge < -0.3 is 14.8 Å².